The van der Waals surface area contributed by atoms with Crippen molar-refractivity contribution in [1.82, 2.24) is 0 Å². The first-order chi connectivity index (χ1) is 18.1. The Morgan fingerprint density at radius 3 is 1.69 bits per heavy atom. The van der Waals surface area contributed by atoms with E-state index in [4.69, 9.17) is 72.8 Å². The second-order valence-corrected chi connectivity index (χ2v) is 14.4. The number of ether oxygens (including phenoxy) is 3. The van der Waals surface area contributed by atoms with Crippen LogP contribution in [0.3, 0.4) is 0 Å². The van der Waals surface area contributed by atoms with Gasteiger partial charge in [0.15, 0.2) is 6.79 Å². The smallest absolute Gasteiger partial charge is 0.390 e. The highest BCUT2D eigenvalue weighted by molar-refractivity contribution is 8.07. The summed E-state index contributed by atoms with van der Waals surface area (Å²) >= 11 is 5.01. The molecule has 0 spiro atoms. The lowest BCUT2D eigenvalue weighted by Gasteiger charge is -2.26. The van der Waals surface area contributed by atoms with Crippen LogP contribution < -0.4 is 0 Å². The Hall–Kier alpha value is 0.745. The molecule has 0 aliphatic carbocycles. The first kappa shape index (κ1) is 34.2. The number of phosphoric ester groups is 2. The van der Waals surface area contributed by atoms with Gasteiger partial charge in [0.1, 0.15) is 41.9 Å². The van der Waals surface area contributed by atoms with Crippen LogP contribution in [0.5, 0.6) is 0 Å². The summed E-state index contributed by atoms with van der Waals surface area (Å²) in [5, 5.41) is 18.5. The van der Waals surface area contributed by atoms with E-state index in [-0.39, 0.29) is 25.9 Å². The number of aliphatic hydroxyl groups excluding tert-OH is 2. The van der Waals surface area contributed by atoms with Gasteiger partial charge in [-0.1, -0.05) is 0 Å². The van der Waals surface area contributed by atoms with E-state index >= 15 is 0 Å². The van der Waals surface area contributed by atoms with Crippen molar-refractivity contribution in [3.63, 3.8) is 0 Å². The van der Waals surface area contributed by atoms with Gasteiger partial charge in [-0.3, -0.25) is 18.1 Å². The molecule has 3 aliphatic heterocycles. The minimum absolute atomic E-state index is 0.0300. The second kappa shape index (κ2) is 14.5. The molecule has 3 fully saturated rings. The van der Waals surface area contributed by atoms with E-state index in [0.717, 1.165) is 0 Å². The van der Waals surface area contributed by atoms with Gasteiger partial charge in [0.25, 0.3) is 0 Å². The zero-order valence-electron chi connectivity index (χ0n) is 20.4. The molecule has 0 aromatic rings. The quantitative estimate of drug-likeness (QED) is 0.0779. The lowest BCUT2D eigenvalue weighted by Crippen LogP contribution is -2.31. The Morgan fingerprint density at radius 2 is 1.18 bits per heavy atom. The van der Waals surface area contributed by atoms with Gasteiger partial charge >= 0.3 is 22.4 Å². The van der Waals surface area contributed by atoms with Crippen LogP contribution in [-0.2, 0) is 62.3 Å². The lowest BCUT2D eigenvalue weighted by atomic mass is 9.96. The summed E-state index contributed by atoms with van der Waals surface area (Å²) in [5.74, 6) is 0. The molecule has 0 aromatic carbocycles. The van der Waals surface area contributed by atoms with Gasteiger partial charge in [-0.05, 0) is 31.1 Å². The monoisotopic (exact) mass is 634 g/mol. The van der Waals surface area contributed by atoms with Crippen molar-refractivity contribution in [2.24, 2.45) is 0 Å². The Kier molecular flexibility index (Phi) is 12.7. The Bertz CT molecular complexity index is 954. The van der Waals surface area contributed by atoms with Crippen molar-refractivity contribution in [2.45, 2.75) is 73.9 Å². The van der Waals surface area contributed by atoms with Gasteiger partial charge < -0.3 is 48.2 Å². The van der Waals surface area contributed by atoms with Gasteiger partial charge in [-0.15, -0.1) is 0 Å². The second-order valence-electron chi connectivity index (χ2n) is 8.75. The molecule has 3 aliphatic rings. The van der Waals surface area contributed by atoms with Crippen LogP contribution >= 0.6 is 22.4 Å². The summed E-state index contributed by atoms with van der Waals surface area (Å²) in [7, 11) is 7.65. The molecule has 5 N–H and O–H groups in total. The molecule has 0 aromatic heterocycles. The van der Waals surface area contributed by atoms with Crippen molar-refractivity contribution in [3.8, 4) is 0 Å². The first-order valence-corrected chi connectivity index (χ1v) is 17.1. The van der Waals surface area contributed by atoms with E-state index in [1.165, 1.54) is 0 Å². The summed E-state index contributed by atoms with van der Waals surface area (Å²) < 4.78 is 69.9. The maximum atomic E-state index is 12.6. The van der Waals surface area contributed by atoms with Crippen LogP contribution in [0.4, 0.5) is 0 Å². The average Bonchev–Trinajstić information content (AvgIpc) is 3.44. The fourth-order valence-electron chi connectivity index (χ4n) is 3.94. The number of phosphoric acid groups is 2. The van der Waals surface area contributed by atoms with E-state index in [2.05, 4.69) is 9.05 Å². The fourth-order valence-corrected chi connectivity index (χ4v) is 6.93. The topological polar surface area (TPSA) is 218 Å². The number of hydrogen-bond acceptors (Lipinski definition) is 14. The van der Waals surface area contributed by atoms with Crippen LogP contribution in [0.15, 0.2) is 0 Å². The summed E-state index contributed by atoms with van der Waals surface area (Å²) in [6.07, 6.45) is -6.02. The first-order valence-electron chi connectivity index (χ1n) is 11.5. The molecule has 6 radical (unpaired) electrons. The van der Waals surface area contributed by atoms with Gasteiger partial charge in [0.05, 0.1) is 38.1 Å². The average molecular weight is 634 g/mol. The van der Waals surface area contributed by atoms with E-state index in [0.29, 0.717) is 0 Å². The summed E-state index contributed by atoms with van der Waals surface area (Å²) in [4.78, 5) is 30.1. The summed E-state index contributed by atoms with van der Waals surface area (Å²) in [5.41, 5.74) is 0. The molecule has 12 unspecified atom stereocenters. The molecule has 39 heavy (non-hydrogen) atoms. The van der Waals surface area contributed by atoms with E-state index in [1.54, 1.807) is 0 Å². The Labute approximate surface area is 233 Å². The van der Waals surface area contributed by atoms with Crippen LogP contribution in [0.1, 0.15) is 19.3 Å². The predicted molar refractivity (Wildman–Crippen MR) is 135 cm³/mol. The molecule has 3 saturated heterocycles. The largest absolute Gasteiger partial charge is 0.474 e. The Morgan fingerprint density at radius 1 is 0.718 bits per heavy atom. The molecular weight excluding hydrogens is 606 g/mol. The molecular formula is C16H28B3O16P3S. The molecule has 23 heteroatoms. The normalized spacial score (nSPS) is 39.8. The van der Waals surface area contributed by atoms with Gasteiger partial charge in [-0.2, -0.15) is 0 Å². The third-order valence-electron chi connectivity index (χ3n) is 5.67. The van der Waals surface area contributed by atoms with E-state index in [9.17, 15) is 28.9 Å². The minimum Gasteiger partial charge on any atom is -0.390 e. The Balaban J connectivity index is 1.51. The lowest BCUT2D eigenvalue weighted by molar-refractivity contribution is -0.0297. The van der Waals surface area contributed by atoms with Crippen LogP contribution in [-0.4, -0.2) is 130 Å². The van der Waals surface area contributed by atoms with Crippen molar-refractivity contribution in [1.29, 1.82) is 0 Å². The molecule has 0 amide bonds. The minimum atomic E-state index is -4.81. The van der Waals surface area contributed by atoms with E-state index < -0.39 is 97.0 Å². The molecule has 218 valence electrons. The van der Waals surface area contributed by atoms with Crippen LogP contribution in [0.2, 0.25) is 0 Å². The molecule has 3 rings (SSSR count). The molecule has 0 saturated carbocycles. The third kappa shape index (κ3) is 11.1. The van der Waals surface area contributed by atoms with Crippen LogP contribution in [0, 0.1) is 0 Å². The zero-order chi connectivity index (χ0) is 29.0. The highest BCUT2D eigenvalue weighted by atomic mass is 32.5. The van der Waals surface area contributed by atoms with Gasteiger partial charge in [0.2, 0.25) is 0 Å². The maximum Gasteiger partial charge on any atom is 0.474 e. The van der Waals surface area contributed by atoms with Gasteiger partial charge in [-0.25, -0.2) is 9.13 Å². The van der Waals surface area contributed by atoms with Crippen molar-refractivity contribution in [2.75, 3.05) is 26.6 Å². The standard InChI is InChI=1S/C16H28B3O16P3S/c17-14-1-8(21)11(31-14)4-29-38(26,39)35-10-3-16(19)33-13(10)6-28-37(24,25)34-9-2-15(18)32-12(9)5-27-36(22,23)30-7-20/h8-16,20-21H,1-7H2,(H,22,23)(H,24,25)(H,26,39). The molecule has 0 bridgehead atoms. The third-order valence-corrected chi connectivity index (χ3v) is 9.19. The highest BCUT2D eigenvalue weighted by Crippen LogP contribution is 2.51. The van der Waals surface area contributed by atoms with Gasteiger partial charge in [0, 0.05) is 18.0 Å². The van der Waals surface area contributed by atoms with Crippen molar-refractivity contribution in [3.05, 3.63) is 0 Å². The number of hydrogen-bond donors (Lipinski definition) is 5. The van der Waals surface area contributed by atoms with Crippen LogP contribution in [0.25, 0.3) is 0 Å². The number of rotatable bonds is 15. The van der Waals surface area contributed by atoms with Crippen molar-refractivity contribution < 1.29 is 75.4 Å². The maximum absolute atomic E-state index is 12.6. The number of aliphatic hydroxyl groups is 2. The molecule has 16 nitrogen and oxygen atoms in total. The highest BCUT2D eigenvalue weighted by Gasteiger charge is 2.43. The SMILES string of the molecule is [B]C1CC(O)C(COP(O)(=S)OC2CC([B])OC2COP(=O)(O)OC2CC([B])OC2COP(=O)(O)OCO)O1. The zero-order valence-corrected chi connectivity index (χ0v) is 23.9. The van der Waals surface area contributed by atoms with Crippen molar-refractivity contribution >= 4 is 57.7 Å². The fraction of sp³-hybridized carbons (Fsp3) is 1.00. The van der Waals surface area contributed by atoms with E-state index in [1.807, 2.05) is 0 Å². The summed E-state index contributed by atoms with van der Waals surface area (Å²) in [6.45, 7) is -6.49. The molecule has 12 atom stereocenters. The molecule has 3 heterocycles. The summed E-state index contributed by atoms with van der Waals surface area (Å²) in [6, 6.07) is -2.51. The predicted octanol–water partition coefficient (Wildman–Crippen LogP) is -1.60.